The number of pyridine rings is 1. The predicted octanol–water partition coefficient (Wildman–Crippen LogP) is 4.65. The van der Waals surface area contributed by atoms with E-state index < -0.39 is 0 Å². The van der Waals surface area contributed by atoms with Crippen LogP contribution in [0.15, 0.2) is 55.0 Å². The van der Waals surface area contributed by atoms with E-state index in [1.54, 1.807) is 0 Å². The Bertz CT molecular complexity index is 1100. The van der Waals surface area contributed by atoms with Crippen LogP contribution in [0.5, 0.6) is 0 Å². The summed E-state index contributed by atoms with van der Waals surface area (Å²) in [5.74, 6) is 0. The standard InChI is InChI=1S/C21H20N4/c1-14-18-5-9-23-21(18)24-13-20(14)25-10-6-15(7-11-25)16-2-3-19-17(12-16)4-8-22-19/h2-6,8-9,12-13,22H,7,10-11H2,1H3,(H,23,24). The van der Waals surface area contributed by atoms with Crippen molar-refractivity contribution in [3.63, 3.8) is 0 Å². The van der Waals surface area contributed by atoms with Crippen LogP contribution < -0.4 is 4.90 Å². The molecule has 0 atom stereocenters. The zero-order chi connectivity index (χ0) is 16.8. The van der Waals surface area contributed by atoms with E-state index in [0.29, 0.717) is 0 Å². The van der Waals surface area contributed by atoms with E-state index in [9.17, 15) is 0 Å². The van der Waals surface area contributed by atoms with Gasteiger partial charge in [0, 0.05) is 36.4 Å². The Kier molecular flexibility index (Phi) is 3.17. The topological polar surface area (TPSA) is 47.7 Å². The highest BCUT2D eigenvalue weighted by Gasteiger charge is 2.17. The molecular formula is C21H20N4. The second kappa shape index (κ2) is 5.52. The van der Waals surface area contributed by atoms with Crippen molar-refractivity contribution in [3.8, 4) is 0 Å². The van der Waals surface area contributed by atoms with Crippen LogP contribution in [0.1, 0.15) is 17.5 Å². The molecule has 4 heterocycles. The number of aryl methyl sites for hydroxylation is 1. The Morgan fingerprint density at radius 1 is 1.08 bits per heavy atom. The van der Waals surface area contributed by atoms with Gasteiger partial charge in [0.25, 0.3) is 0 Å². The average Bonchev–Trinajstić information content (AvgIpc) is 3.31. The summed E-state index contributed by atoms with van der Waals surface area (Å²) in [6.07, 6.45) is 9.37. The van der Waals surface area contributed by atoms with Crippen LogP contribution >= 0.6 is 0 Å². The molecule has 0 aliphatic carbocycles. The Labute approximate surface area is 146 Å². The third-order valence-electron chi connectivity index (χ3n) is 5.30. The molecule has 0 saturated carbocycles. The van der Waals surface area contributed by atoms with Crippen LogP contribution in [0.25, 0.3) is 27.5 Å². The third kappa shape index (κ3) is 2.33. The molecule has 2 N–H and O–H groups in total. The molecule has 1 aliphatic rings. The van der Waals surface area contributed by atoms with Crippen LogP contribution in [0.2, 0.25) is 0 Å². The maximum absolute atomic E-state index is 4.56. The lowest BCUT2D eigenvalue weighted by Gasteiger charge is -2.29. The molecule has 5 rings (SSSR count). The lowest BCUT2D eigenvalue weighted by molar-refractivity contribution is 0.828. The molecule has 0 radical (unpaired) electrons. The number of hydrogen-bond acceptors (Lipinski definition) is 2. The SMILES string of the molecule is Cc1c(N2CC=C(c3ccc4[nH]ccc4c3)CC2)cnc2[nH]ccc12. The molecule has 0 spiro atoms. The zero-order valence-corrected chi connectivity index (χ0v) is 14.2. The van der Waals surface area contributed by atoms with Gasteiger partial charge in [-0.25, -0.2) is 4.98 Å². The summed E-state index contributed by atoms with van der Waals surface area (Å²) in [6, 6.07) is 10.9. The minimum absolute atomic E-state index is 0.930. The lowest BCUT2D eigenvalue weighted by Crippen LogP contribution is -2.29. The Morgan fingerprint density at radius 2 is 2.00 bits per heavy atom. The van der Waals surface area contributed by atoms with Crippen molar-refractivity contribution in [2.75, 3.05) is 18.0 Å². The fourth-order valence-electron chi connectivity index (χ4n) is 3.85. The van der Waals surface area contributed by atoms with E-state index >= 15 is 0 Å². The summed E-state index contributed by atoms with van der Waals surface area (Å²) < 4.78 is 0. The molecule has 25 heavy (non-hydrogen) atoms. The van der Waals surface area contributed by atoms with Gasteiger partial charge in [-0.1, -0.05) is 12.1 Å². The van der Waals surface area contributed by atoms with Gasteiger partial charge in [-0.3, -0.25) is 0 Å². The van der Waals surface area contributed by atoms with Gasteiger partial charge < -0.3 is 14.9 Å². The number of H-pyrrole nitrogens is 2. The summed E-state index contributed by atoms with van der Waals surface area (Å²) in [5.41, 5.74) is 7.48. The summed E-state index contributed by atoms with van der Waals surface area (Å²) >= 11 is 0. The van der Waals surface area contributed by atoms with Crippen LogP contribution in [0.4, 0.5) is 5.69 Å². The Hall–Kier alpha value is -3.01. The van der Waals surface area contributed by atoms with E-state index in [2.05, 4.69) is 63.2 Å². The maximum atomic E-state index is 4.56. The number of nitrogens with one attached hydrogen (secondary N) is 2. The van der Waals surface area contributed by atoms with Crippen molar-refractivity contribution in [2.45, 2.75) is 13.3 Å². The molecular weight excluding hydrogens is 308 g/mol. The number of aromatic amines is 2. The van der Waals surface area contributed by atoms with Gasteiger partial charge in [0.05, 0.1) is 11.9 Å². The van der Waals surface area contributed by atoms with Crippen LogP contribution in [0, 0.1) is 6.92 Å². The van der Waals surface area contributed by atoms with E-state index in [0.717, 1.165) is 25.2 Å². The summed E-state index contributed by atoms with van der Waals surface area (Å²) in [7, 11) is 0. The molecule has 1 aliphatic heterocycles. The van der Waals surface area contributed by atoms with Crippen molar-refractivity contribution in [1.29, 1.82) is 0 Å². The lowest BCUT2D eigenvalue weighted by atomic mass is 9.98. The highest BCUT2D eigenvalue weighted by molar-refractivity contribution is 5.86. The second-order valence-corrected chi connectivity index (χ2v) is 6.71. The number of fused-ring (bicyclic) bond motifs is 2. The fourth-order valence-corrected chi connectivity index (χ4v) is 3.85. The van der Waals surface area contributed by atoms with Crippen molar-refractivity contribution < 1.29 is 0 Å². The smallest absolute Gasteiger partial charge is 0.137 e. The first-order valence-electron chi connectivity index (χ1n) is 8.74. The van der Waals surface area contributed by atoms with Gasteiger partial charge in [-0.15, -0.1) is 0 Å². The van der Waals surface area contributed by atoms with E-state index in [1.165, 1.54) is 38.7 Å². The van der Waals surface area contributed by atoms with Crippen molar-refractivity contribution >= 4 is 33.2 Å². The fraction of sp³-hybridized carbons (Fsp3) is 0.190. The average molecular weight is 328 g/mol. The minimum Gasteiger partial charge on any atom is -0.366 e. The quantitative estimate of drug-likeness (QED) is 0.563. The number of aromatic nitrogens is 3. The van der Waals surface area contributed by atoms with Crippen molar-refractivity contribution in [2.24, 2.45) is 0 Å². The number of anilines is 1. The van der Waals surface area contributed by atoms with Gasteiger partial charge in [-0.05, 0) is 59.7 Å². The number of nitrogens with zero attached hydrogens (tertiary/aromatic N) is 2. The first kappa shape index (κ1) is 14.3. The molecule has 0 unspecified atom stereocenters. The molecule has 4 heteroatoms. The van der Waals surface area contributed by atoms with Gasteiger partial charge in [-0.2, -0.15) is 0 Å². The second-order valence-electron chi connectivity index (χ2n) is 6.71. The monoisotopic (exact) mass is 328 g/mol. The molecule has 4 nitrogen and oxygen atoms in total. The Morgan fingerprint density at radius 3 is 2.88 bits per heavy atom. The van der Waals surface area contributed by atoms with Crippen LogP contribution in [-0.2, 0) is 0 Å². The summed E-state index contributed by atoms with van der Waals surface area (Å²) in [4.78, 5) is 13.4. The van der Waals surface area contributed by atoms with Crippen LogP contribution in [0.3, 0.4) is 0 Å². The third-order valence-corrected chi connectivity index (χ3v) is 5.30. The maximum Gasteiger partial charge on any atom is 0.137 e. The van der Waals surface area contributed by atoms with Crippen molar-refractivity contribution in [3.05, 3.63) is 66.1 Å². The molecule has 4 aromatic rings. The largest absolute Gasteiger partial charge is 0.366 e. The molecule has 0 bridgehead atoms. The van der Waals surface area contributed by atoms with Gasteiger partial charge in [0.15, 0.2) is 0 Å². The first-order valence-corrected chi connectivity index (χ1v) is 8.74. The number of rotatable bonds is 2. The van der Waals surface area contributed by atoms with Gasteiger partial charge >= 0.3 is 0 Å². The highest BCUT2D eigenvalue weighted by Crippen LogP contribution is 2.31. The first-order chi connectivity index (χ1) is 12.3. The van der Waals surface area contributed by atoms with Crippen molar-refractivity contribution in [1.82, 2.24) is 15.0 Å². The number of hydrogen-bond donors (Lipinski definition) is 2. The molecule has 124 valence electrons. The normalized spacial score (nSPS) is 15.1. The van der Waals surface area contributed by atoms with E-state index in [1.807, 2.05) is 18.6 Å². The van der Waals surface area contributed by atoms with Crippen LogP contribution in [-0.4, -0.2) is 28.0 Å². The van der Waals surface area contributed by atoms with E-state index in [4.69, 9.17) is 0 Å². The summed E-state index contributed by atoms with van der Waals surface area (Å²) in [5, 5.41) is 2.49. The predicted molar refractivity (Wildman–Crippen MR) is 104 cm³/mol. The zero-order valence-electron chi connectivity index (χ0n) is 14.2. The number of benzene rings is 1. The molecule has 0 saturated heterocycles. The Balaban J connectivity index is 1.44. The van der Waals surface area contributed by atoms with Gasteiger partial charge in [0.1, 0.15) is 5.65 Å². The van der Waals surface area contributed by atoms with E-state index in [-0.39, 0.29) is 0 Å². The van der Waals surface area contributed by atoms with Gasteiger partial charge in [0.2, 0.25) is 0 Å². The molecule has 3 aromatic heterocycles. The minimum atomic E-state index is 0.930. The molecule has 0 amide bonds. The summed E-state index contributed by atoms with van der Waals surface area (Å²) in [6.45, 7) is 4.14. The molecule has 1 aromatic carbocycles. The highest BCUT2D eigenvalue weighted by atomic mass is 15.1. The molecule has 0 fully saturated rings.